The molecule has 0 amide bonds. The lowest BCUT2D eigenvalue weighted by atomic mass is 9.98. The number of nitrogens with one attached hydrogen (secondary N) is 1. The number of benzene rings is 1. The molecule has 1 fully saturated rings. The lowest BCUT2D eigenvalue weighted by molar-refractivity contribution is 0.0321. The molecule has 0 aromatic heterocycles. The summed E-state index contributed by atoms with van der Waals surface area (Å²) in [5.41, 5.74) is 0.150. The van der Waals surface area contributed by atoms with E-state index in [-0.39, 0.29) is 23.8 Å². The summed E-state index contributed by atoms with van der Waals surface area (Å²) in [4.78, 5) is 0. The molecule has 0 spiro atoms. The maximum atomic E-state index is 13.7. The van der Waals surface area contributed by atoms with E-state index in [0.717, 1.165) is 19.4 Å². The molecule has 4 heteroatoms. The van der Waals surface area contributed by atoms with Crippen LogP contribution in [0.15, 0.2) is 18.2 Å². The number of rotatable bonds is 5. The van der Waals surface area contributed by atoms with Crippen LogP contribution in [0.1, 0.15) is 32.3 Å². The van der Waals surface area contributed by atoms with Gasteiger partial charge in [-0.05, 0) is 44.9 Å². The number of ether oxygens (including phenoxy) is 1. The molecule has 2 nitrogen and oxygen atoms in total. The minimum Gasteiger partial charge on any atom is -0.374 e. The van der Waals surface area contributed by atoms with Gasteiger partial charge in [-0.1, -0.05) is 13.0 Å². The van der Waals surface area contributed by atoms with Crippen LogP contribution in [0.2, 0.25) is 0 Å². The smallest absolute Gasteiger partial charge is 0.129 e. The van der Waals surface area contributed by atoms with Crippen LogP contribution in [0.3, 0.4) is 0 Å². The van der Waals surface area contributed by atoms with E-state index in [0.29, 0.717) is 6.42 Å². The lowest BCUT2D eigenvalue weighted by Crippen LogP contribution is -2.42. The summed E-state index contributed by atoms with van der Waals surface area (Å²) in [7, 11) is 0. The highest BCUT2D eigenvalue weighted by Crippen LogP contribution is 2.25. The zero-order valence-corrected chi connectivity index (χ0v) is 11.5. The Balaban J connectivity index is 2.12. The van der Waals surface area contributed by atoms with E-state index in [1.807, 2.05) is 13.8 Å². The van der Waals surface area contributed by atoms with Crippen molar-refractivity contribution in [3.8, 4) is 0 Å². The number of hydrogen-bond acceptors (Lipinski definition) is 2. The van der Waals surface area contributed by atoms with Crippen LogP contribution >= 0.6 is 0 Å². The average Bonchev–Trinajstić information content (AvgIpc) is 2.79. The van der Waals surface area contributed by atoms with E-state index < -0.39 is 11.6 Å². The Morgan fingerprint density at radius 1 is 1.32 bits per heavy atom. The summed E-state index contributed by atoms with van der Waals surface area (Å²) in [5.74, 6) is -0.956. The summed E-state index contributed by atoms with van der Waals surface area (Å²) in [6, 6.07) is 3.96. The first-order chi connectivity index (χ1) is 9.11. The Morgan fingerprint density at radius 2 is 2.00 bits per heavy atom. The standard InChI is InChI=1S/C15H21F2NO/c1-3-18-14(15-8-7-10(2)19-15)9-11-12(16)5-4-6-13(11)17/h4-6,10,14-15,18H,3,7-9H2,1-2H3. The molecule has 1 aliphatic rings. The Kier molecular flexibility index (Phi) is 4.88. The second-order valence-corrected chi connectivity index (χ2v) is 5.13. The van der Waals surface area contributed by atoms with Gasteiger partial charge in [-0.25, -0.2) is 8.78 Å². The van der Waals surface area contributed by atoms with Gasteiger partial charge in [0.25, 0.3) is 0 Å². The zero-order valence-electron chi connectivity index (χ0n) is 11.5. The van der Waals surface area contributed by atoms with Crippen molar-refractivity contribution < 1.29 is 13.5 Å². The maximum absolute atomic E-state index is 13.7. The Labute approximate surface area is 113 Å². The zero-order chi connectivity index (χ0) is 13.8. The van der Waals surface area contributed by atoms with E-state index in [2.05, 4.69) is 5.32 Å². The molecule has 1 aromatic rings. The third-order valence-corrected chi connectivity index (χ3v) is 3.67. The fourth-order valence-corrected chi connectivity index (χ4v) is 2.67. The van der Waals surface area contributed by atoms with E-state index >= 15 is 0 Å². The first-order valence-corrected chi connectivity index (χ1v) is 6.93. The third kappa shape index (κ3) is 3.51. The minimum absolute atomic E-state index is 0.0361. The normalized spacial score (nSPS) is 24.6. The van der Waals surface area contributed by atoms with Crippen LogP contribution in [0.25, 0.3) is 0 Å². The molecule has 0 radical (unpaired) electrons. The molecule has 3 atom stereocenters. The topological polar surface area (TPSA) is 21.3 Å². The quantitative estimate of drug-likeness (QED) is 0.887. The molecule has 3 unspecified atom stereocenters. The molecule has 1 aromatic carbocycles. The highest BCUT2D eigenvalue weighted by Gasteiger charge is 2.30. The first kappa shape index (κ1) is 14.4. The number of likely N-dealkylation sites (N-methyl/N-ethyl adjacent to an activating group) is 1. The van der Waals surface area contributed by atoms with Crippen LogP contribution in [-0.4, -0.2) is 24.8 Å². The van der Waals surface area contributed by atoms with E-state index in [4.69, 9.17) is 4.74 Å². The van der Waals surface area contributed by atoms with Crippen molar-refractivity contribution in [2.24, 2.45) is 0 Å². The number of halogens is 2. The molecule has 1 aliphatic heterocycles. The number of hydrogen-bond donors (Lipinski definition) is 1. The van der Waals surface area contributed by atoms with Gasteiger partial charge in [0.1, 0.15) is 11.6 Å². The van der Waals surface area contributed by atoms with Gasteiger partial charge < -0.3 is 10.1 Å². The van der Waals surface area contributed by atoms with Gasteiger partial charge in [-0.15, -0.1) is 0 Å². The van der Waals surface area contributed by atoms with Gasteiger partial charge in [-0.3, -0.25) is 0 Å². The summed E-state index contributed by atoms with van der Waals surface area (Å²) >= 11 is 0. The largest absolute Gasteiger partial charge is 0.374 e. The molecular weight excluding hydrogens is 248 g/mol. The van der Waals surface area contributed by atoms with Crippen LogP contribution in [0.4, 0.5) is 8.78 Å². The second-order valence-electron chi connectivity index (χ2n) is 5.13. The first-order valence-electron chi connectivity index (χ1n) is 6.93. The molecule has 1 N–H and O–H groups in total. The van der Waals surface area contributed by atoms with Gasteiger partial charge in [0.05, 0.1) is 12.2 Å². The van der Waals surface area contributed by atoms with Crippen LogP contribution < -0.4 is 5.32 Å². The van der Waals surface area contributed by atoms with Gasteiger partial charge in [0.15, 0.2) is 0 Å². The van der Waals surface area contributed by atoms with Gasteiger partial charge >= 0.3 is 0 Å². The monoisotopic (exact) mass is 269 g/mol. The molecule has 1 heterocycles. The van der Waals surface area contributed by atoms with Gasteiger partial charge in [-0.2, -0.15) is 0 Å². The molecular formula is C15H21F2NO. The maximum Gasteiger partial charge on any atom is 0.129 e. The molecule has 0 saturated carbocycles. The molecule has 1 saturated heterocycles. The van der Waals surface area contributed by atoms with Crippen molar-refractivity contribution in [1.82, 2.24) is 5.32 Å². The van der Waals surface area contributed by atoms with Crippen LogP contribution in [0, 0.1) is 11.6 Å². The highest BCUT2D eigenvalue weighted by molar-refractivity contribution is 5.21. The fraction of sp³-hybridized carbons (Fsp3) is 0.600. The van der Waals surface area contributed by atoms with E-state index in [1.165, 1.54) is 18.2 Å². The highest BCUT2D eigenvalue weighted by atomic mass is 19.1. The Bertz CT molecular complexity index is 404. The van der Waals surface area contributed by atoms with Crippen LogP contribution in [-0.2, 0) is 11.2 Å². The van der Waals surface area contributed by atoms with Crippen molar-refractivity contribution in [1.29, 1.82) is 0 Å². The van der Waals surface area contributed by atoms with Crippen molar-refractivity contribution in [3.63, 3.8) is 0 Å². The summed E-state index contributed by atoms with van der Waals surface area (Å²) in [5, 5.41) is 3.29. The van der Waals surface area contributed by atoms with Crippen molar-refractivity contribution >= 4 is 0 Å². The predicted molar refractivity (Wildman–Crippen MR) is 71.1 cm³/mol. The summed E-state index contributed by atoms with van der Waals surface area (Å²) < 4.78 is 33.2. The Morgan fingerprint density at radius 3 is 2.53 bits per heavy atom. The SMILES string of the molecule is CCNC(Cc1c(F)cccc1F)C1CCC(C)O1. The van der Waals surface area contributed by atoms with Crippen molar-refractivity contribution in [3.05, 3.63) is 35.4 Å². The molecule has 19 heavy (non-hydrogen) atoms. The second kappa shape index (κ2) is 6.44. The molecule has 106 valence electrons. The summed E-state index contributed by atoms with van der Waals surface area (Å²) in [6.07, 6.45) is 2.54. The molecule has 0 aliphatic carbocycles. The summed E-state index contributed by atoms with van der Waals surface area (Å²) in [6.45, 7) is 4.78. The predicted octanol–water partition coefficient (Wildman–Crippen LogP) is 3.05. The van der Waals surface area contributed by atoms with Gasteiger partial charge in [0.2, 0.25) is 0 Å². The van der Waals surface area contributed by atoms with Gasteiger partial charge in [0, 0.05) is 11.6 Å². The third-order valence-electron chi connectivity index (χ3n) is 3.67. The van der Waals surface area contributed by atoms with Crippen molar-refractivity contribution in [2.45, 2.75) is 51.4 Å². The minimum atomic E-state index is -0.478. The fourth-order valence-electron chi connectivity index (χ4n) is 2.67. The Hall–Kier alpha value is -1.00. The molecule has 0 bridgehead atoms. The average molecular weight is 269 g/mol. The molecule has 2 rings (SSSR count). The lowest BCUT2D eigenvalue weighted by Gasteiger charge is -2.25. The van der Waals surface area contributed by atoms with Crippen LogP contribution in [0.5, 0.6) is 0 Å². The van der Waals surface area contributed by atoms with Crippen molar-refractivity contribution in [2.75, 3.05) is 6.54 Å². The van der Waals surface area contributed by atoms with E-state index in [1.54, 1.807) is 0 Å². The van der Waals surface area contributed by atoms with E-state index in [9.17, 15) is 8.78 Å².